The summed E-state index contributed by atoms with van der Waals surface area (Å²) in [6.45, 7) is -0.224. The molecule has 0 saturated carbocycles. The molecule has 0 aromatic heterocycles. The van der Waals surface area contributed by atoms with E-state index in [1.165, 1.54) is 0 Å². The van der Waals surface area contributed by atoms with Crippen molar-refractivity contribution in [2.45, 2.75) is 50.4 Å². The van der Waals surface area contributed by atoms with Gasteiger partial charge in [-0.2, -0.15) is 13.2 Å². The first-order valence-corrected chi connectivity index (χ1v) is 8.78. The molecular weight excluding hydrogens is 379 g/mol. The third-order valence-electron chi connectivity index (χ3n) is 4.07. The molecular formula is C18H24F3N3O4. The minimum Gasteiger partial charge on any atom is -0.480 e. The third-order valence-corrected chi connectivity index (χ3v) is 4.07. The lowest BCUT2D eigenvalue weighted by atomic mass is 10.0. The Morgan fingerprint density at radius 2 is 1.68 bits per heavy atom. The minimum absolute atomic E-state index is 0.0757. The van der Waals surface area contributed by atoms with E-state index in [9.17, 15) is 32.7 Å². The zero-order chi connectivity index (χ0) is 21.2. The van der Waals surface area contributed by atoms with E-state index in [0.717, 1.165) is 5.56 Å². The number of alkyl halides is 3. The van der Waals surface area contributed by atoms with Gasteiger partial charge in [0.25, 0.3) is 0 Å². The topological polar surface area (TPSA) is 122 Å². The quantitative estimate of drug-likeness (QED) is 0.393. The van der Waals surface area contributed by atoms with Gasteiger partial charge in [-0.25, -0.2) is 0 Å². The fourth-order valence-electron chi connectivity index (χ4n) is 2.56. The van der Waals surface area contributed by atoms with Crippen LogP contribution in [0.25, 0.3) is 0 Å². The Hall–Kier alpha value is -2.62. The predicted octanol–water partition coefficient (Wildman–Crippen LogP) is 1.36. The molecule has 2 amide bonds. The lowest BCUT2D eigenvalue weighted by molar-refractivity contribution is -0.173. The third kappa shape index (κ3) is 8.85. The van der Waals surface area contributed by atoms with Crippen LogP contribution in [-0.2, 0) is 20.8 Å². The summed E-state index contributed by atoms with van der Waals surface area (Å²) >= 11 is 0. The van der Waals surface area contributed by atoms with E-state index in [0.29, 0.717) is 12.8 Å². The van der Waals surface area contributed by atoms with Gasteiger partial charge in [0, 0.05) is 6.54 Å². The molecule has 0 saturated heterocycles. The van der Waals surface area contributed by atoms with E-state index in [2.05, 4.69) is 5.32 Å². The Morgan fingerprint density at radius 3 is 2.21 bits per heavy atom. The Balaban J connectivity index is 2.46. The number of rotatable bonds is 12. The molecule has 0 spiro atoms. The van der Waals surface area contributed by atoms with Gasteiger partial charge in [0.1, 0.15) is 6.04 Å². The zero-order valence-corrected chi connectivity index (χ0v) is 15.2. The maximum absolute atomic E-state index is 12.1. The van der Waals surface area contributed by atoms with E-state index < -0.39 is 36.0 Å². The van der Waals surface area contributed by atoms with E-state index in [-0.39, 0.29) is 25.8 Å². The number of nitrogens with two attached hydrogens (primary N) is 1. The Labute approximate surface area is 160 Å². The highest BCUT2D eigenvalue weighted by atomic mass is 19.4. The maximum Gasteiger partial charge on any atom is 0.471 e. The number of nitrogens with one attached hydrogen (secondary N) is 2. The zero-order valence-electron chi connectivity index (χ0n) is 15.2. The van der Waals surface area contributed by atoms with Crippen molar-refractivity contribution in [2.75, 3.05) is 6.54 Å². The van der Waals surface area contributed by atoms with Crippen LogP contribution in [-0.4, -0.2) is 47.7 Å². The second-order valence-corrected chi connectivity index (χ2v) is 6.29. The summed E-state index contributed by atoms with van der Waals surface area (Å²) < 4.78 is 36.2. The van der Waals surface area contributed by atoms with Gasteiger partial charge in [0.15, 0.2) is 0 Å². The number of hydrogen-bond donors (Lipinski definition) is 4. The largest absolute Gasteiger partial charge is 0.480 e. The molecule has 156 valence electrons. The molecule has 1 unspecified atom stereocenters. The standard InChI is InChI=1S/C18H24F3N3O4/c19-18(20,21)17(28)23-11-5-4-8-14(16(26)27)24-13(15(22)25)10-9-12-6-2-1-3-7-12/h1-3,6-7,13-14,24H,4-5,8-11H2,(H2,22,25)(H,23,28)(H,26,27)/t13?,14-/m0/s1. The first-order chi connectivity index (χ1) is 13.1. The lowest BCUT2D eigenvalue weighted by Crippen LogP contribution is -2.49. The van der Waals surface area contributed by atoms with Crippen LogP contribution in [0.1, 0.15) is 31.2 Å². The van der Waals surface area contributed by atoms with Crippen LogP contribution < -0.4 is 16.4 Å². The van der Waals surface area contributed by atoms with Crippen LogP contribution in [0.15, 0.2) is 30.3 Å². The van der Waals surface area contributed by atoms with Gasteiger partial charge in [0.2, 0.25) is 5.91 Å². The molecule has 0 aliphatic rings. The molecule has 5 N–H and O–H groups in total. The van der Waals surface area contributed by atoms with Gasteiger partial charge in [-0.1, -0.05) is 30.3 Å². The summed E-state index contributed by atoms with van der Waals surface area (Å²) in [4.78, 5) is 33.7. The van der Waals surface area contributed by atoms with E-state index in [1.54, 1.807) is 5.32 Å². The van der Waals surface area contributed by atoms with Crippen molar-refractivity contribution in [1.29, 1.82) is 0 Å². The molecule has 28 heavy (non-hydrogen) atoms. The average Bonchev–Trinajstić information content (AvgIpc) is 2.62. The van der Waals surface area contributed by atoms with Gasteiger partial charge in [0.05, 0.1) is 6.04 Å². The molecule has 0 bridgehead atoms. The fraction of sp³-hybridized carbons (Fsp3) is 0.500. The van der Waals surface area contributed by atoms with Crippen LogP contribution >= 0.6 is 0 Å². The summed E-state index contributed by atoms with van der Waals surface area (Å²) in [5.74, 6) is -3.90. The summed E-state index contributed by atoms with van der Waals surface area (Å²) in [5, 5.41) is 13.7. The minimum atomic E-state index is -4.95. The molecule has 0 fully saturated rings. The van der Waals surface area contributed by atoms with Crippen molar-refractivity contribution < 1.29 is 32.7 Å². The van der Waals surface area contributed by atoms with Crippen LogP contribution in [0.3, 0.4) is 0 Å². The van der Waals surface area contributed by atoms with Crippen molar-refractivity contribution in [1.82, 2.24) is 10.6 Å². The smallest absolute Gasteiger partial charge is 0.471 e. The van der Waals surface area contributed by atoms with Gasteiger partial charge in [-0.05, 0) is 37.7 Å². The number of amides is 2. The predicted molar refractivity (Wildman–Crippen MR) is 95.2 cm³/mol. The van der Waals surface area contributed by atoms with E-state index in [1.807, 2.05) is 30.3 Å². The van der Waals surface area contributed by atoms with Crippen LogP contribution in [0.5, 0.6) is 0 Å². The van der Waals surface area contributed by atoms with Gasteiger partial charge in [-0.15, -0.1) is 0 Å². The first-order valence-electron chi connectivity index (χ1n) is 8.78. The molecule has 1 aromatic rings. The molecule has 2 atom stereocenters. The molecule has 1 aromatic carbocycles. The summed E-state index contributed by atoms with van der Waals surface area (Å²) in [6.07, 6.45) is -3.63. The SMILES string of the molecule is NC(=O)C(CCc1ccccc1)N[C@@H](CCCCNC(=O)C(F)(F)F)C(=O)O. The van der Waals surface area contributed by atoms with Crippen molar-refractivity contribution in [3.8, 4) is 0 Å². The number of unbranched alkanes of at least 4 members (excludes halogenated alkanes) is 1. The number of aryl methyl sites for hydroxylation is 1. The monoisotopic (exact) mass is 403 g/mol. The lowest BCUT2D eigenvalue weighted by Gasteiger charge is -2.21. The van der Waals surface area contributed by atoms with Crippen molar-refractivity contribution >= 4 is 17.8 Å². The van der Waals surface area contributed by atoms with Crippen molar-refractivity contribution in [2.24, 2.45) is 5.73 Å². The second kappa shape index (κ2) is 11.3. The highest BCUT2D eigenvalue weighted by Gasteiger charge is 2.38. The van der Waals surface area contributed by atoms with Gasteiger partial charge >= 0.3 is 18.1 Å². The number of benzene rings is 1. The number of carbonyl (C=O) groups is 3. The number of halogens is 3. The Kier molecular flexibility index (Phi) is 9.43. The highest BCUT2D eigenvalue weighted by Crippen LogP contribution is 2.14. The molecule has 7 nitrogen and oxygen atoms in total. The Bertz CT molecular complexity index is 653. The molecule has 1 rings (SSSR count). The van der Waals surface area contributed by atoms with Crippen LogP contribution in [0.4, 0.5) is 13.2 Å². The van der Waals surface area contributed by atoms with Crippen molar-refractivity contribution in [3.05, 3.63) is 35.9 Å². The molecule has 10 heteroatoms. The molecule has 0 aliphatic carbocycles. The number of aliphatic carboxylic acids is 1. The molecule has 0 radical (unpaired) electrons. The number of carboxylic acids is 1. The Morgan fingerprint density at radius 1 is 1.04 bits per heavy atom. The molecule has 0 aliphatic heterocycles. The first kappa shape index (κ1) is 23.4. The highest BCUT2D eigenvalue weighted by molar-refractivity contribution is 5.82. The van der Waals surface area contributed by atoms with E-state index >= 15 is 0 Å². The van der Waals surface area contributed by atoms with Gasteiger partial charge in [-0.3, -0.25) is 19.7 Å². The number of hydrogen-bond acceptors (Lipinski definition) is 4. The maximum atomic E-state index is 12.1. The van der Waals surface area contributed by atoms with Crippen LogP contribution in [0.2, 0.25) is 0 Å². The molecule has 0 heterocycles. The second-order valence-electron chi connectivity index (χ2n) is 6.29. The summed E-state index contributed by atoms with van der Waals surface area (Å²) in [5.41, 5.74) is 6.33. The van der Waals surface area contributed by atoms with Gasteiger partial charge < -0.3 is 16.2 Å². The average molecular weight is 403 g/mol. The number of carboxylic acid groups (broad SMARTS) is 1. The summed E-state index contributed by atoms with van der Waals surface area (Å²) in [7, 11) is 0. The number of primary amides is 1. The van der Waals surface area contributed by atoms with Crippen LogP contribution in [0, 0.1) is 0 Å². The summed E-state index contributed by atoms with van der Waals surface area (Å²) in [6, 6.07) is 7.37. The number of carbonyl (C=O) groups excluding carboxylic acids is 2. The van der Waals surface area contributed by atoms with Crippen molar-refractivity contribution in [3.63, 3.8) is 0 Å². The normalized spacial score (nSPS) is 13.5. The fourth-order valence-corrected chi connectivity index (χ4v) is 2.56. The van der Waals surface area contributed by atoms with E-state index in [4.69, 9.17) is 5.73 Å².